The number of benzene rings is 1. The van der Waals surface area contributed by atoms with E-state index in [0.29, 0.717) is 6.54 Å². The average Bonchev–Trinajstić information content (AvgIpc) is 2.83. The van der Waals surface area contributed by atoms with Crippen molar-refractivity contribution in [3.8, 4) is 0 Å². The van der Waals surface area contributed by atoms with E-state index in [9.17, 15) is 4.79 Å². The first kappa shape index (κ1) is 14.9. The van der Waals surface area contributed by atoms with Crippen LogP contribution in [0.15, 0.2) is 35.7 Å². The van der Waals surface area contributed by atoms with Crippen LogP contribution < -0.4 is 5.32 Å². The lowest BCUT2D eigenvalue weighted by Crippen LogP contribution is -2.23. The predicted octanol–water partition coefficient (Wildman–Crippen LogP) is 3.99. The molecule has 1 aromatic carbocycles. The van der Waals surface area contributed by atoms with Crippen LogP contribution in [0.4, 0.5) is 5.69 Å². The summed E-state index contributed by atoms with van der Waals surface area (Å²) in [7, 11) is 1.80. The molecule has 0 unspecified atom stereocenters. The monoisotopic (exact) mass is 308 g/mol. The topological polar surface area (TPSA) is 32.3 Å². The summed E-state index contributed by atoms with van der Waals surface area (Å²) in [4.78, 5) is 14.2. The zero-order valence-corrected chi connectivity index (χ0v) is 13.1. The van der Waals surface area contributed by atoms with Crippen LogP contribution in [-0.4, -0.2) is 17.9 Å². The van der Waals surface area contributed by atoms with E-state index in [0.717, 1.165) is 22.8 Å². The maximum absolute atomic E-state index is 11.3. The normalized spacial score (nSPS) is 10.3. The highest BCUT2D eigenvalue weighted by Crippen LogP contribution is 2.22. The van der Waals surface area contributed by atoms with Gasteiger partial charge in [-0.1, -0.05) is 29.8 Å². The van der Waals surface area contributed by atoms with Crippen LogP contribution in [0.25, 0.3) is 0 Å². The van der Waals surface area contributed by atoms with Gasteiger partial charge < -0.3 is 10.2 Å². The number of halogens is 1. The number of thiophene rings is 1. The van der Waals surface area contributed by atoms with Crippen LogP contribution in [0.5, 0.6) is 0 Å². The van der Waals surface area contributed by atoms with Crippen LogP contribution in [0.2, 0.25) is 5.02 Å². The zero-order chi connectivity index (χ0) is 14.5. The van der Waals surface area contributed by atoms with Crippen molar-refractivity contribution in [3.63, 3.8) is 0 Å². The fourth-order valence-corrected chi connectivity index (χ4v) is 2.84. The number of amides is 1. The molecule has 5 heteroatoms. The van der Waals surface area contributed by atoms with Gasteiger partial charge >= 0.3 is 0 Å². The van der Waals surface area contributed by atoms with Gasteiger partial charge in [-0.25, -0.2) is 0 Å². The number of hydrogen-bond donors (Lipinski definition) is 1. The number of para-hydroxylation sites is 1. The van der Waals surface area contributed by atoms with E-state index < -0.39 is 0 Å². The van der Waals surface area contributed by atoms with Crippen molar-refractivity contribution in [2.45, 2.75) is 20.0 Å². The molecule has 0 aliphatic heterocycles. The second kappa shape index (κ2) is 6.77. The average molecular weight is 309 g/mol. The molecule has 0 aliphatic carbocycles. The van der Waals surface area contributed by atoms with Gasteiger partial charge in [0.2, 0.25) is 5.91 Å². The molecule has 106 valence electrons. The van der Waals surface area contributed by atoms with E-state index in [1.807, 2.05) is 35.7 Å². The Balaban J connectivity index is 2.05. The molecule has 2 rings (SSSR count). The molecule has 1 aromatic heterocycles. The van der Waals surface area contributed by atoms with Crippen molar-refractivity contribution in [2.75, 3.05) is 12.4 Å². The third kappa shape index (κ3) is 3.99. The summed E-state index contributed by atoms with van der Waals surface area (Å²) in [5, 5.41) is 6.10. The Bertz CT molecular complexity index is 597. The van der Waals surface area contributed by atoms with Crippen molar-refractivity contribution < 1.29 is 4.79 Å². The number of nitrogens with zero attached hydrogens (tertiary/aromatic N) is 1. The molecule has 0 radical (unpaired) electrons. The van der Waals surface area contributed by atoms with Crippen molar-refractivity contribution >= 4 is 34.5 Å². The van der Waals surface area contributed by atoms with Crippen molar-refractivity contribution in [1.29, 1.82) is 0 Å². The molecule has 0 bridgehead atoms. The third-order valence-corrected chi connectivity index (χ3v) is 4.32. The summed E-state index contributed by atoms with van der Waals surface area (Å²) in [6.07, 6.45) is 0. The fraction of sp³-hybridized carbons (Fsp3) is 0.267. The lowest BCUT2D eigenvalue weighted by molar-refractivity contribution is -0.128. The van der Waals surface area contributed by atoms with E-state index in [-0.39, 0.29) is 5.91 Å². The highest BCUT2D eigenvalue weighted by molar-refractivity contribution is 7.10. The summed E-state index contributed by atoms with van der Waals surface area (Å²) >= 11 is 7.55. The molecular formula is C15H17ClN2OS. The molecule has 0 saturated carbocycles. The number of carbonyl (C=O) groups is 1. The number of hydrogen-bond acceptors (Lipinski definition) is 3. The molecule has 1 N–H and O–H groups in total. The van der Waals surface area contributed by atoms with Crippen LogP contribution in [-0.2, 0) is 17.9 Å². The van der Waals surface area contributed by atoms with Crippen molar-refractivity contribution in [2.24, 2.45) is 0 Å². The smallest absolute Gasteiger partial charge is 0.219 e. The van der Waals surface area contributed by atoms with Crippen molar-refractivity contribution in [3.05, 3.63) is 51.2 Å². The molecule has 0 aliphatic rings. The van der Waals surface area contributed by atoms with E-state index in [1.54, 1.807) is 30.2 Å². The van der Waals surface area contributed by atoms with Gasteiger partial charge in [0.05, 0.1) is 5.02 Å². The minimum atomic E-state index is 0.0600. The molecule has 1 amide bonds. The molecule has 0 saturated heterocycles. The number of rotatable bonds is 5. The molecule has 2 aromatic rings. The molecule has 20 heavy (non-hydrogen) atoms. The van der Waals surface area contributed by atoms with Gasteiger partial charge in [-0.3, -0.25) is 4.79 Å². The van der Waals surface area contributed by atoms with E-state index in [4.69, 9.17) is 11.6 Å². The Labute approximate surface area is 128 Å². The first-order valence-corrected chi connectivity index (χ1v) is 7.58. The summed E-state index contributed by atoms with van der Waals surface area (Å²) in [6.45, 7) is 2.91. The van der Waals surface area contributed by atoms with Gasteiger partial charge in [-0.05, 0) is 17.7 Å². The number of anilines is 1. The van der Waals surface area contributed by atoms with Gasteiger partial charge in [0.15, 0.2) is 0 Å². The van der Waals surface area contributed by atoms with Gasteiger partial charge in [0.1, 0.15) is 0 Å². The molecule has 0 atom stereocenters. The van der Waals surface area contributed by atoms with E-state index in [1.165, 1.54) is 4.88 Å². The Hall–Kier alpha value is -1.52. The highest BCUT2D eigenvalue weighted by Gasteiger charge is 2.07. The molecular weight excluding hydrogens is 292 g/mol. The maximum Gasteiger partial charge on any atom is 0.219 e. The fourth-order valence-electron chi connectivity index (χ4n) is 1.83. The Kier molecular flexibility index (Phi) is 5.04. The Morgan fingerprint density at radius 3 is 2.80 bits per heavy atom. The molecule has 0 spiro atoms. The summed E-state index contributed by atoms with van der Waals surface area (Å²) < 4.78 is 0. The first-order chi connectivity index (χ1) is 9.56. The SMILES string of the molecule is CC(=O)N(C)Cc1ccccc1NCc1cc(Cl)cs1. The molecule has 0 fully saturated rings. The Morgan fingerprint density at radius 2 is 2.15 bits per heavy atom. The first-order valence-electron chi connectivity index (χ1n) is 6.32. The van der Waals surface area contributed by atoms with Crippen LogP contribution in [0, 0.1) is 0 Å². The number of carbonyl (C=O) groups excluding carboxylic acids is 1. The van der Waals surface area contributed by atoms with Crippen molar-refractivity contribution in [1.82, 2.24) is 4.90 Å². The van der Waals surface area contributed by atoms with Gasteiger partial charge in [0.25, 0.3) is 0 Å². The zero-order valence-electron chi connectivity index (χ0n) is 11.5. The highest BCUT2D eigenvalue weighted by atomic mass is 35.5. The Morgan fingerprint density at radius 1 is 1.40 bits per heavy atom. The molecule has 3 nitrogen and oxygen atoms in total. The second-order valence-corrected chi connectivity index (χ2v) is 6.05. The second-order valence-electron chi connectivity index (χ2n) is 4.62. The summed E-state index contributed by atoms with van der Waals surface area (Å²) in [5.74, 6) is 0.0600. The van der Waals surface area contributed by atoms with Gasteiger partial charge in [0, 0.05) is 43.0 Å². The lowest BCUT2D eigenvalue weighted by atomic mass is 10.1. The minimum absolute atomic E-state index is 0.0600. The largest absolute Gasteiger partial charge is 0.380 e. The van der Waals surface area contributed by atoms with Gasteiger partial charge in [-0.15, -0.1) is 11.3 Å². The van der Waals surface area contributed by atoms with Crippen LogP contribution in [0.3, 0.4) is 0 Å². The predicted molar refractivity (Wildman–Crippen MR) is 85.2 cm³/mol. The van der Waals surface area contributed by atoms with E-state index >= 15 is 0 Å². The van der Waals surface area contributed by atoms with Crippen LogP contribution in [0.1, 0.15) is 17.4 Å². The number of nitrogens with one attached hydrogen (secondary N) is 1. The summed E-state index contributed by atoms with van der Waals surface area (Å²) in [5.41, 5.74) is 2.15. The van der Waals surface area contributed by atoms with Gasteiger partial charge in [-0.2, -0.15) is 0 Å². The lowest BCUT2D eigenvalue weighted by Gasteiger charge is -2.18. The maximum atomic E-state index is 11.3. The minimum Gasteiger partial charge on any atom is -0.380 e. The standard InChI is InChI=1S/C15H17ClN2OS/c1-11(19)18(2)9-12-5-3-4-6-15(12)17-8-14-7-13(16)10-20-14/h3-7,10,17H,8-9H2,1-2H3. The third-order valence-electron chi connectivity index (χ3n) is 3.04. The summed E-state index contributed by atoms with van der Waals surface area (Å²) in [6, 6.07) is 9.99. The quantitative estimate of drug-likeness (QED) is 0.905. The molecule has 1 heterocycles. The van der Waals surface area contributed by atoms with E-state index in [2.05, 4.69) is 5.32 Å². The van der Waals surface area contributed by atoms with Crippen LogP contribution >= 0.6 is 22.9 Å².